The van der Waals surface area contributed by atoms with Crippen molar-refractivity contribution in [3.05, 3.63) is 21.9 Å². The summed E-state index contributed by atoms with van der Waals surface area (Å²) in [5.41, 5.74) is 0.590. The maximum absolute atomic E-state index is 12.2. The molecule has 2 rings (SSSR count). The Hall–Kier alpha value is -2.00. The van der Waals surface area contributed by atoms with Gasteiger partial charge in [-0.2, -0.15) is 4.68 Å². The molecule has 1 amide bonds. The first-order valence-electron chi connectivity index (χ1n) is 7.77. The van der Waals surface area contributed by atoms with Crippen LogP contribution in [0, 0.1) is 17.0 Å². The summed E-state index contributed by atoms with van der Waals surface area (Å²) in [5, 5.41) is 17.5. The fourth-order valence-corrected chi connectivity index (χ4v) is 2.55. The highest BCUT2D eigenvalue weighted by Crippen LogP contribution is 2.16. The van der Waals surface area contributed by atoms with Gasteiger partial charge >= 0.3 is 5.82 Å². The summed E-state index contributed by atoms with van der Waals surface area (Å²) in [5.74, 6) is -0.428. The van der Waals surface area contributed by atoms with Crippen LogP contribution in [-0.2, 0) is 9.53 Å². The molecule has 23 heavy (non-hydrogen) atoms. The van der Waals surface area contributed by atoms with E-state index in [9.17, 15) is 14.9 Å². The number of amides is 1. The van der Waals surface area contributed by atoms with Crippen LogP contribution >= 0.6 is 0 Å². The highest BCUT2D eigenvalue weighted by Gasteiger charge is 2.24. The van der Waals surface area contributed by atoms with E-state index < -0.39 is 11.0 Å². The minimum atomic E-state index is -0.577. The third-order valence-electron chi connectivity index (χ3n) is 3.90. The first kappa shape index (κ1) is 17.4. The van der Waals surface area contributed by atoms with Crippen molar-refractivity contribution < 1.29 is 14.5 Å². The van der Waals surface area contributed by atoms with Gasteiger partial charge in [0.2, 0.25) is 5.91 Å². The Bertz CT molecular complexity index is 553. The second-order valence-corrected chi connectivity index (χ2v) is 5.62. The molecule has 0 radical (unpaired) electrons. The van der Waals surface area contributed by atoms with Gasteiger partial charge in [-0.05, 0) is 31.7 Å². The second-order valence-electron chi connectivity index (χ2n) is 5.62. The number of aromatic nitrogens is 2. The monoisotopic (exact) mass is 325 g/mol. The molecule has 0 saturated carbocycles. The average molecular weight is 325 g/mol. The lowest BCUT2D eigenvalue weighted by Gasteiger charge is -2.26. The summed E-state index contributed by atoms with van der Waals surface area (Å²) >= 11 is 0. The van der Waals surface area contributed by atoms with Gasteiger partial charge in [-0.25, -0.2) is 0 Å². The summed E-state index contributed by atoms with van der Waals surface area (Å²) in [6.45, 7) is 8.26. The van der Waals surface area contributed by atoms with Crippen LogP contribution in [0.1, 0.15) is 25.1 Å². The predicted molar refractivity (Wildman–Crippen MR) is 83.2 cm³/mol. The second kappa shape index (κ2) is 8.02. The van der Waals surface area contributed by atoms with Crippen molar-refractivity contribution in [2.75, 3.05) is 39.4 Å². The molecule has 1 unspecified atom stereocenters. The number of carbonyl (C=O) groups excluding carboxylic acids is 1. The lowest BCUT2D eigenvalue weighted by Crippen LogP contribution is -2.39. The van der Waals surface area contributed by atoms with E-state index in [0.717, 1.165) is 39.3 Å². The van der Waals surface area contributed by atoms with Crippen molar-refractivity contribution in [3.8, 4) is 0 Å². The van der Waals surface area contributed by atoms with Crippen molar-refractivity contribution in [2.24, 2.45) is 0 Å². The normalized spacial score (nSPS) is 17.0. The molecule has 1 aromatic heterocycles. The molecule has 0 aliphatic carbocycles. The summed E-state index contributed by atoms with van der Waals surface area (Å²) in [6, 6.07) is 0.787. The maximum Gasteiger partial charge on any atom is 0.390 e. The van der Waals surface area contributed by atoms with Crippen LogP contribution in [0.4, 0.5) is 5.82 Å². The van der Waals surface area contributed by atoms with Crippen LogP contribution in [0.2, 0.25) is 0 Å². The van der Waals surface area contributed by atoms with Crippen LogP contribution in [0.25, 0.3) is 0 Å². The van der Waals surface area contributed by atoms with Crippen molar-refractivity contribution in [3.63, 3.8) is 0 Å². The Balaban J connectivity index is 1.77. The molecule has 1 fully saturated rings. The van der Waals surface area contributed by atoms with E-state index in [1.807, 2.05) is 0 Å². The molecule has 1 N–H and O–H groups in total. The molecule has 128 valence electrons. The van der Waals surface area contributed by atoms with Gasteiger partial charge in [0.05, 0.1) is 30.1 Å². The number of rotatable bonds is 7. The van der Waals surface area contributed by atoms with E-state index in [1.165, 1.54) is 10.7 Å². The number of hydrogen-bond donors (Lipinski definition) is 1. The van der Waals surface area contributed by atoms with Crippen molar-refractivity contribution in [2.45, 2.75) is 26.3 Å². The van der Waals surface area contributed by atoms with Gasteiger partial charge in [0.25, 0.3) is 0 Å². The average Bonchev–Trinajstić information content (AvgIpc) is 2.94. The minimum absolute atomic E-state index is 0.187. The Morgan fingerprint density at radius 3 is 2.83 bits per heavy atom. The number of nitrogens with zero attached hydrogens (tertiary/aromatic N) is 4. The third kappa shape index (κ3) is 4.73. The van der Waals surface area contributed by atoms with Gasteiger partial charge in [-0.3, -0.25) is 9.69 Å². The molecule has 2 heterocycles. The van der Waals surface area contributed by atoms with E-state index in [1.54, 1.807) is 13.8 Å². The van der Waals surface area contributed by atoms with Crippen molar-refractivity contribution >= 4 is 11.7 Å². The SMILES string of the molecule is Cc1cc([N+](=O)[O-])nn1C(C)C(=O)NCCCN1CCOCC1. The fourth-order valence-electron chi connectivity index (χ4n) is 2.55. The molecule has 1 aliphatic heterocycles. The molecule has 9 heteroatoms. The number of aryl methyl sites for hydroxylation is 1. The number of hydrogen-bond acceptors (Lipinski definition) is 6. The van der Waals surface area contributed by atoms with E-state index in [4.69, 9.17) is 4.74 Å². The van der Waals surface area contributed by atoms with Gasteiger partial charge in [0.15, 0.2) is 0 Å². The molecule has 1 aliphatic rings. The molecule has 0 spiro atoms. The minimum Gasteiger partial charge on any atom is -0.379 e. The highest BCUT2D eigenvalue weighted by molar-refractivity contribution is 5.79. The Labute approximate surface area is 134 Å². The molecule has 1 aromatic rings. The zero-order chi connectivity index (χ0) is 16.8. The zero-order valence-corrected chi connectivity index (χ0v) is 13.5. The van der Waals surface area contributed by atoms with E-state index in [0.29, 0.717) is 12.2 Å². The van der Waals surface area contributed by atoms with Gasteiger partial charge in [-0.1, -0.05) is 0 Å². The lowest BCUT2D eigenvalue weighted by molar-refractivity contribution is -0.389. The van der Waals surface area contributed by atoms with Crippen LogP contribution in [0.15, 0.2) is 6.07 Å². The van der Waals surface area contributed by atoms with Gasteiger partial charge in [0.1, 0.15) is 6.04 Å². The van der Waals surface area contributed by atoms with Crippen molar-refractivity contribution in [1.29, 1.82) is 0 Å². The standard InChI is InChI=1S/C14H23N5O4/c1-11-10-13(19(21)22)16-18(11)12(2)14(20)15-4-3-5-17-6-8-23-9-7-17/h10,12H,3-9H2,1-2H3,(H,15,20). The van der Waals surface area contributed by atoms with Gasteiger partial charge < -0.3 is 20.2 Å². The van der Waals surface area contributed by atoms with E-state index in [-0.39, 0.29) is 11.7 Å². The molecular weight excluding hydrogens is 302 g/mol. The van der Waals surface area contributed by atoms with Crippen LogP contribution < -0.4 is 5.32 Å². The number of nitro groups is 1. The van der Waals surface area contributed by atoms with E-state index >= 15 is 0 Å². The first-order chi connectivity index (χ1) is 11.0. The quantitative estimate of drug-likeness (QED) is 0.445. The fraction of sp³-hybridized carbons (Fsp3) is 0.714. The smallest absolute Gasteiger partial charge is 0.379 e. The largest absolute Gasteiger partial charge is 0.390 e. The molecular formula is C14H23N5O4. The summed E-state index contributed by atoms with van der Waals surface area (Å²) < 4.78 is 6.67. The lowest BCUT2D eigenvalue weighted by atomic mass is 10.3. The van der Waals surface area contributed by atoms with Crippen molar-refractivity contribution in [1.82, 2.24) is 20.0 Å². The Morgan fingerprint density at radius 2 is 2.22 bits per heavy atom. The number of ether oxygens (including phenoxy) is 1. The Kier molecular flexibility index (Phi) is 6.05. The summed E-state index contributed by atoms with van der Waals surface area (Å²) in [6.07, 6.45) is 0.858. The number of morpholine rings is 1. The number of carbonyl (C=O) groups is 1. The van der Waals surface area contributed by atoms with Gasteiger partial charge in [0, 0.05) is 19.6 Å². The van der Waals surface area contributed by atoms with Crippen LogP contribution in [0.5, 0.6) is 0 Å². The first-order valence-corrected chi connectivity index (χ1v) is 7.77. The topological polar surface area (TPSA) is 103 Å². The molecule has 0 aromatic carbocycles. The Morgan fingerprint density at radius 1 is 1.52 bits per heavy atom. The molecule has 9 nitrogen and oxygen atoms in total. The summed E-state index contributed by atoms with van der Waals surface area (Å²) in [4.78, 5) is 24.6. The molecule has 1 atom stereocenters. The predicted octanol–water partition coefficient (Wildman–Crippen LogP) is 0.499. The van der Waals surface area contributed by atoms with Crippen LogP contribution in [0.3, 0.4) is 0 Å². The van der Waals surface area contributed by atoms with Crippen LogP contribution in [-0.4, -0.2) is 64.9 Å². The maximum atomic E-state index is 12.2. The third-order valence-corrected chi connectivity index (χ3v) is 3.90. The molecule has 0 bridgehead atoms. The highest BCUT2D eigenvalue weighted by atomic mass is 16.6. The molecule has 1 saturated heterocycles. The number of nitrogens with one attached hydrogen (secondary N) is 1. The summed E-state index contributed by atoms with van der Waals surface area (Å²) in [7, 11) is 0. The van der Waals surface area contributed by atoms with Gasteiger partial charge in [-0.15, -0.1) is 0 Å². The van der Waals surface area contributed by atoms with E-state index in [2.05, 4.69) is 15.3 Å². The zero-order valence-electron chi connectivity index (χ0n) is 13.5.